The van der Waals surface area contributed by atoms with Crippen molar-refractivity contribution in [1.82, 2.24) is 14.7 Å². The molecule has 0 saturated carbocycles. The average molecular weight is 437 g/mol. The third-order valence-corrected chi connectivity index (χ3v) is 7.22. The van der Waals surface area contributed by atoms with Crippen molar-refractivity contribution >= 4 is 16.8 Å². The second-order valence-corrected chi connectivity index (χ2v) is 9.48. The fourth-order valence-corrected chi connectivity index (χ4v) is 5.31. The molecule has 170 valence electrons. The first-order valence-electron chi connectivity index (χ1n) is 11.9. The predicted molar refractivity (Wildman–Crippen MR) is 124 cm³/mol. The van der Waals surface area contributed by atoms with Crippen molar-refractivity contribution in [3.8, 4) is 0 Å². The molecule has 5 rings (SSSR count). The highest BCUT2D eigenvalue weighted by atomic mass is 16.5. The van der Waals surface area contributed by atoms with Gasteiger partial charge < -0.3 is 14.5 Å². The minimum atomic E-state index is -0.611. The number of hydrogen-bond donors (Lipinski definition) is 1. The number of aryl methyl sites for hydroxylation is 2. The van der Waals surface area contributed by atoms with Crippen LogP contribution in [-0.2, 0) is 13.0 Å². The zero-order valence-corrected chi connectivity index (χ0v) is 19.0. The van der Waals surface area contributed by atoms with Gasteiger partial charge in [-0.2, -0.15) is 0 Å². The Hall–Kier alpha value is -2.67. The lowest BCUT2D eigenvalue weighted by Gasteiger charge is -2.32. The molecule has 0 amide bonds. The molecule has 32 heavy (non-hydrogen) atoms. The van der Waals surface area contributed by atoms with Crippen molar-refractivity contribution in [2.75, 3.05) is 18.0 Å². The Morgan fingerprint density at radius 2 is 1.97 bits per heavy atom. The first kappa shape index (κ1) is 21.2. The van der Waals surface area contributed by atoms with Crippen LogP contribution in [0.4, 0.5) is 5.82 Å². The fraction of sp³-hybridized carbons (Fsp3) is 0.560. The number of piperidine rings is 1. The molecule has 0 spiro atoms. The maximum Gasteiger partial charge on any atom is 0.257 e. The highest BCUT2D eigenvalue weighted by Crippen LogP contribution is 2.31. The summed E-state index contributed by atoms with van der Waals surface area (Å²) in [6, 6.07) is 6.26. The Morgan fingerprint density at radius 1 is 1.16 bits per heavy atom. The quantitative estimate of drug-likeness (QED) is 0.649. The first-order valence-corrected chi connectivity index (χ1v) is 11.9. The van der Waals surface area contributed by atoms with Gasteiger partial charge in [0, 0.05) is 30.9 Å². The van der Waals surface area contributed by atoms with Gasteiger partial charge in [0.2, 0.25) is 0 Å². The Labute approximate surface area is 188 Å². The van der Waals surface area contributed by atoms with Gasteiger partial charge in [0.25, 0.3) is 5.56 Å². The molecule has 7 heteroatoms. The summed E-state index contributed by atoms with van der Waals surface area (Å²) in [5.74, 6) is 2.18. The van der Waals surface area contributed by atoms with Crippen LogP contribution in [0.25, 0.3) is 11.0 Å². The van der Waals surface area contributed by atoms with Crippen LogP contribution in [0, 0.1) is 19.8 Å². The molecule has 0 aliphatic carbocycles. The number of aromatic nitrogens is 3. The van der Waals surface area contributed by atoms with Crippen LogP contribution < -0.4 is 10.5 Å². The van der Waals surface area contributed by atoms with Crippen LogP contribution in [0.3, 0.4) is 0 Å². The van der Waals surface area contributed by atoms with E-state index < -0.39 is 6.10 Å². The van der Waals surface area contributed by atoms with Crippen LogP contribution in [-0.4, -0.2) is 32.9 Å². The molecule has 7 nitrogen and oxygen atoms in total. The van der Waals surface area contributed by atoms with E-state index in [0.717, 1.165) is 79.7 Å². The first-order chi connectivity index (χ1) is 15.5. The Balaban J connectivity index is 1.18. The number of aliphatic hydroxyl groups is 1. The van der Waals surface area contributed by atoms with E-state index in [1.807, 2.05) is 13.0 Å². The summed E-state index contributed by atoms with van der Waals surface area (Å²) in [5, 5.41) is 15.6. The van der Waals surface area contributed by atoms with Crippen LogP contribution in [0.1, 0.15) is 67.3 Å². The molecule has 1 N–H and O–H groups in total. The predicted octanol–water partition coefficient (Wildman–Crippen LogP) is 4.07. The van der Waals surface area contributed by atoms with Gasteiger partial charge in [0.15, 0.2) is 11.4 Å². The SMILES string of the molecule is Cc1ccc2c(N3CCC(CCCc4c(C)nc5n(c4=O)CCCC5O)CC3)noc2c1. The number of aliphatic hydroxyl groups excluding tert-OH is 1. The number of rotatable bonds is 5. The molecular weight excluding hydrogens is 404 g/mol. The molecule has 1 saturated heterocycles. The van der Waals surface area contributed by atoms with Gasteiger partial charge in [-0.25, -0.2) is 4.98 Å². The zero-order chi connectivity index (χ0) is 22.2. The second-order valence-electron chi connectivity index (χ2n) is 9.48. The van der Waals surface area contributed by atoms with Gasteiger partial charge in [-0.3, -0.25) is 9.36 Å². The third kappa shape index (κ3) is 3.94. The summed E-state index contributed by atoms with van der Waals surface area (Å²) in [4.78, 5) is 19.9. The van der Waals surface area contributed by atoms with E-state index in [2.05, 4.69) is 34.1 Å². The summed E-state index contributed by atoms with van der Waals surface area (Å²) in [6.45, 7) is 6.61. The van der Waals surface area contributed by atoms with E-state index in [-0.39, 0.29) is 5.56 Å². The molecule has 2 aliphatic heterocycles. The Bertz CT molecular complexity index is 1170. The molecule has 0 radical (unpaired) electrons. The molecule has 0 bridgehead atoms. The monoisotopic (exact) mass is 436 g/mol. The normalized spacial score (nSPS) is 19.5. The smallest absolute Gasteiger partial charge is 0.257 e. The maximum absolute atomic E-state index is 13.0. The summed E-state index contributed by atoms with van der Waals surface area (Å²) in [5.41, 5.74) is 3.69. The molecule has 2 aromatic heterocycles. The van der Waals surface area contributed by atoms with E-state index >= 15 is 0 Å². The highest BCUT2D eigenvalue weighted by Gasteiger charge is 2.25. The minimum absolute atomic E-state index is 0.0502. The molecule has 1 unspecified atom stereocenters. The maximum atomic E-state index is 13.0. The van der Waals surface area contributed by atoms with Gasteiger partial charge >= 0.3 is 0 Å². The van der Waals surface area contributed by atoms with Gasteiger partial charge in [0.05, 0.1) is 5.39 Å². The van der Waals surface area contributed by atoms with E-state index in [0.29, 0.717) is 24.7 Å². The molecule has 1 aromatic carbocycles. The topological polar surface area (TPSA) is 84.4 Å². The zero-order valence-electron chi connectivity index (χ0n) is 19.0. The Kier molecular flexibility index (Phi) is 5.76. The minimum Gasteiger partial charge on any atom is -0.385 e. The average Bonchev–Trinajstić information content (AvgIpc) is 3.20. The van der Waals surface area contributed by atoms with Gasteiger partial charge in [-0.05, 0) is 82.4 Å². The van der Waals surface area contributed by atoms with E-state index in [1.165, 1.54) is 5.56 Å². The summed E-state index contributed by atoms with van der Waals surface area (Å²) >= 11 is 0. The second kappa shape index (κ2) is 8.70. The van der Waals surface area contributed by atoms with Crippen molar-refractivity contribution in [1.29, 1.82) is 0 Å². The number of benzene rings is 1. The number of anilines is 1. The summed E-state index contributed by atoms with van der Waals surface area (Å²) in [6.07, 6.45) is 6.05. The van der Waals surface area contributed by atoms with Crippen molar-refractivity contribution in [2.45, 2.75) is 71.4 Å². The van der Waals surface area contributed by atoms with Crippen LogP contribution in [0.15, 0.2) is 27.5 Å². The molecule has 1 fully saturated rings. The Morgan fingerprint density at radius 3 is 2.78 bits per heavy atom. The lowest BCUT2D eigenvalue weighted by atomic mass is 9.90. The molecular formula is C25H32N4O3. The van der Waals surface area contributed by atoms with Crippen molar-refractivity contribution in [3.05, 3.63) is 51.2 Å². The number of nitrogens with zero attached hydrogens (tertiary/aromatic N) is 4. The summed E-state index contributed by atoms with van der Waals surface area (Å²) < 4.78 is 7.24. The van der Waals surface area contributed by atoms with Gasteiger partial charge in [-0.1, -0.05) is 11.2 Å². The lowest BCUT2D eigenvalue weighted by molar-refractivity contribution is 0.129. The van der Waals surface area contributed by atoms with E-state index in [9.17, 15) is 9.90 Å². The number of fused-ring (bicyclic) bond motifs is 2. The molecule has 3 aromatic rings. The van der Waals surface area contributed by atoms with Crippen LogP contribution in [0.2, 0.25) is 0 Å². The largest absolute Gasteiger partial charge is 0.385 e. The van der Waals surface area contributed by atoms with Crippen molar-refractivity contribution < 1.29 is 9.63 Å². The third-order valence-electron chi connectivity index (χ3n) is 7.22. The lowest BCUT2D eigenvalue weighted by Crippen LogP contribution is -2.34. The number of hydrogen-bond acceptors (Lipinski definition) is 6. The van der Waals surface area contributed by atoms with Crippen molar-refractivity contribution in [2.24, 2.45) is 5.92 Å². The van der Waals surface area contributed by atoms with Gasteiger partial charge in [-0.15, -0.1) is 0 Å². The van der Waals surface area contributed by atoms with E-state index in [4.69, 9.17) is 4.52 Å². The molecule has 1 atom stereocenters. The molecule has 4 heterocycles. The highest BCUT2D eigenvalue weighted by molar-refractivity contribution is 5.89. The van der Waals surface area contributed by atoms with Crippen LogP contribution in [0.5, 0.6) is 0 Å². The van der Waals surface area contributed by atoms with E-state index in [1.54, 1.807) is 4.57 Å². The fourth-order valence-electron chi connectivity index (χ4n) is 5.31. The van der Waals surface area contributed by atoms with Crippen molar-refractivity contribution in [3.63, 3.8) is 0 Å². The summed E-state index contributed by atoms with van der Waals surface area (Å²) in [7, 11) is 0. The van der Waals surface area contributed by atoms with Gasteiger partial charge in [0.1, 0.15) is 11.9 Å². The standard InChI is InChI=1S/C25H32N4O3/c1-16-8-9-20-22(15-16)32-27-23(20)28-13-10-18(11-14-28)5-3-6-19-17(2)26-24-21(30)7-4-12-29(24)25(19)31/h8-9,15,18,21,30H,3-7,10-14H2,1-2H3. The molecule has 2 aliphatic rings. The van der Waals surface area contributed by atoms with Crippen LogP contribution >= 0.6 is 0 Å².